The van der Waals surface area contributed by atoms with Crippen molar-refractivity contribution in [2.24, 2.45) is 11.3 Å². The fourth-order valence-corrected chi connectivity index (χ4v) is 5.03. The zero-order valence-electron chi connectivity index (χ0n) is 16.2. The number of nitrogens with one attached hydrogen (secondary N) is 1. The summed E-state index contributed by atoms with van der Waals surface area (Å²) in [4.78, 5) is 28.7. The van der Waals surface area contributed by atoms with Crippen LogP contribution in [0.25, 0.3) is 0 Å². The van der Waals surface area contributed by atoms with E-state index < -0.39 is 0 Å². The molecule has 0 spiro atoms. The second-order valence-corrected chi connectivity index (χ2v) is 9.22. The molecule has 0 aromatic rings. The number of rotatable bonds is 2. The number of hydrogen-bond donors (Lipinski definition) is 1. The molecule has 142 valence electrons. The summed E-state index contributed by atoms with van der Waals surface area (Å²) >= 11 is 0. The molecule has 3 rings (SSSR count). The Bertz CT molecular complexity index is 492. The predicted molar refractivity (Wildman–Crippen MR) is 99.3 cm³/mol. The molecule has 1 aliphatic carbocycles. The van der Waals surface area contributed by atoms with E-state index in [-0.39, 0.29) is 11.4 Å². The van der Waals surface area contributed by atoms with E-state index in [1.807, 2.05) is 9.80 Å². The predicted octanol–water partition coefficient (Wildman–Crippen LogP) is 3.39. The molecule has 1 saturated carbocycles. The quantitative estimate of drug-likeness (QED) is 0.831. The average Bonchev–Trinajstić information content (AvgIpc) is 3.00. The minimum absolute atomic E-state index is 0.104. The van der Waals surface area contributed by atoms with Crippen LogP contribution in [0.1, 0.15) is 72.1 Å². The molecular weight excluding hydrogens is 314 g/mol. The van der Waals surface area contributed by atoms with Crippen LogP contribution in [0.3, 0.4) is 0 Å². The molecule has 2 aliphatic heterocycles. The molecule has 2 heterocycles. The van der Waals surface area contributed by atoms with Gasteiger partial charge in [-0.3, -0.25) is 4.79 Å². The van der Waals surface area contributed by atoms with Crippen molar-refractivity contribution in [2.75, 3.05) is 19.6 Å². The van der Waals surface area contributed by atoms with Crippen molar-refractivity contribution in [3.8, 4) is 0 Å². The topological polar surface area (TPSA) is 52.7 Å². The van der Waals surface area contributed by atoms with Crippen LogP contribution in [0.15, 0.2) is 0 Å². The summed E-state index contributed by atoms with van der Waals surface area (Å²) in [6.45, 7) is 9.33. The van der Waals surface area contributed by atoms with Gasteiger partial charge in [-0.25, -0.2) is 4.79 Å². The van der Waals surface area contributed by atoms with Gasteiger partial charge in [0.15, 0.2) is 0 Å². The van der Waals surface area contributed by atoms with Crippen molar-refractivity contribution >= 4 is 11.9 Å². The number of nitrogens with zero attached hydrogens (tertiary/aromatic N) is 2. The molecule has 2 saturated heterocycles. The highest BCUT2D eigenvalue weighted by molar-refractivity contribution is 5.78. The van der Waals surface area contributed by atoms with E-state index in [0.29, 0.717) is 30.3 Å². The number of likely N-dealkylation sites (tertiary alicyclic amines) is 2. The van der Waals surface area contributed by atoms with E-state index in [4.69, 9.17) is 0 Å². The van der Waals surface area contributed by atoms with Crippen LogP contribution in [-0.4, -0.2) is 53.5 Å². The summed E-state index contributed by atoms with van der Waals surface area (Å²) in [7, 11) is 0. The van der Waals surface area contributed by atoms with Gasteiger partial charge >= 0.3 is 6.03 Å². The molecule has 3 aliphatic rings. The molecule has 0 unspecified atom stereocenters. The second-order valence-electron chi connectivity index (χ2n) is 9.22. The number of carbonyl (C=O) groups excluding carboxylic acids is 2. The highest BCUT2D eigenvalue weighted by Gasteiger charge is 2.37. The number of piperidine rings is 1. The number of carbonyl (C=O) groups is 2. The van der Waals surface area contributed by atoms with Gasteiger partial charge in [0, 0.05) is 38.1 Å². The summed E-state index contributed by atoms with van der Waals surface area (Å²) in [6.07, 6.45) is 8.37. The Labute approximate surface area is 152 Å². The third-order valence-corrected chi connectivity index (χ3v) is 6.49. The molecule has 3 fully saturated rings. The first-order valence-corrected chi connectivity index (χ1v) is 10.2. The van der Waals surface area contributed by atoms with Gasteiger partial charge in [-0.1, -0.05) is 33.6 Å². The van der Waals surface area contributed by atoms with Crippen molar-refractivity contribution in [1.82, 2.24) is 15.1 Å². The van der Waals surface area contributed by atoms with Crippen molar-refractivity contribution in [3.05, 3.63) is 0 Å². The van der Waals surface area contributed by atoms with Crippen molar-refractivity contribution in [3.63, 3.8) is 0 Å². The fraction of sp³-hybridized carbons (Fsp3) is 0.900. The lowest BCUT2D eigenvalue weighted by atomic mass is 9.69. The lowest BCUT2D eigenvalue weighted by Gasteiger charge is -2.42. The minimum Gasteiger partial charge on any atom is -0.340 e. The first-order chi connectivity index (χ1) is 11.9. The molecule has 0 bridgehead atoms. The van der Waals surface area contributed by atoms with Gasteiger partial charge in [0.1, 0.15) is 0 Å². The molecular formula is C20H35N3O2. The van der Waals surface area contributed by atoms with Gasteiger partial charge in [-0.2, -0.15) is 0 Å². The molecule has 0 aromatic carbocycles. The lowest BCUT2D eigenvalue weighted by Crippen LogP contribution is -2.54. The molecule has 5 nitrogen and oxygen atoms in total. The molecule has 0 radical (unpaired) electrons. The SMILES string of the molecule is CC(C)(C)[C@H]1CCCC[C@@H]1NC(=O)N1CCC(N2CCCC2=O)CC1. The van der Waals surface area contributed by atoms with Gasteiger partial charge in [0.05, 0.1) is 0 Å². The van der Waals surface area contributed by atoms with Gasteiger partial charge in [0.2, 0.25) is 5.91 Å². The molecule has 25 heavy (non-hydrogen) atoms. The maximum absolute atomic E-state index is 12.8. The summed E-state index contributed by atoms with van der Waals surface area (Å²) in [5.41, 5.74) is 0.238. The van der Waals surface area contributed by atoms with Gasteiger partial charge in [-0.05, 0) is 43.4 Å². The molecule has 3 amide bonds. The second kappa shape index (κ2) is 7.55. The van der Waals surface area contributed by atoms with Gasteiger partial charge in [-0.15, -0.1) is 0 Å². The first-order valence-electron chi connectivity index (χ1n) is 10.2. The van der Waals surface area contributed by atoms with E-state index in [2.05, 4.69) is 26.1 Å². The van der Waals surface area contributed by atoms with Gasteiger partial charge in [0.25, 0.3) is 0 Å². The summed E-state index contributed by atoms with van der Waals surface area (Å²) in [5.74, 6) is 0.864. The van der Waals surface area contributed by atoms with Crippen LogP contribution in [0, 0.1) is 11.3 Å². The highest BCUT2D eigenvalue weighted by atomic mass is 16.2. The maximum Gasteiger partial charge on any atom is 0.317 e. The van der Waals surface area contributed by atoms with Crippen LogP contribution in [-0.2, 0) is 4.79 Å². The average molecular weight is 350 g/mol. The van der Waals surface area contributed by atoms with Crippen LogP contribution in [0.4, 0.5) is 4.79 Å². The third-order valence-electron chi connectivity index (χ3n) is 6.49. The normalized spacial score (nSPS) is 29.2. The zero-order valence-corrected chi connectivity index (χ0v) is 16.2. The number of urea groups is 1. The number of hydrogen-bond acceptors (Lipinski definition) is 2. The Morgan fingerprint density at radius 1 is 1.00 bits per heavy atom. The number of amides is 3. The van der Waals surface area contributed by atoms with Gasteiger partial charge < -0.3 is 15.1 Å². The molecule has 1 N–H and O–H groups in total. The smallest absolute Gasteiger partial charge is 0.317 e. The Kier molecular flexibility index (Phi) is 5.59. The monoisotopic (exact) mass is 349 g/mol. The molecule has 0 aromatic heterocycles. The highest BCUT2D eigenvalue weighted by Crippen LogP contribution is 2.38. The van der Waals surface area contributed by atoms with Crippen LogP contribution in [0.2, 0.25) is 0 Å². The zero-order chi connectivity index (χ0) is 18.0. The summed E-state index contributed by atoms with van der Waals surface area (Å²) in [6, 6.07) is 0.752. The lowest BCUT2D eigenvalue weighted by molar-refractivity contribution is -0.130. The summed E-state index contributed by atoms with van der Waals surface area (Å²) < 4.78 is 0. The standard InChI is InChI=1S/C20H35N3O2/c1-20(2,3)16-7-4-5-8-17(16)21-19(25)22-13-10-15(11-14-22)23-12-6-9-18(23)24/h15-17H,4-14H2,1-3H3,(H,21,25)/t16-,17-/m0/s1. The largest absolute Gasteiger partial charge is 0.340 e. The fourth-order valence-electron chi connectivity index (χ4n) is 5.03. The Morgan fingerprint density at radius 2 is 1.68 bits per heavy atom. The van der Waals surface area contributed by atoms with E-state index in [1.165, 1.54) is 19.3 Å². The van der Waals surface area contributed by atoms with Crippen LogP contribution >= 0.6 is 0 Å². The van der Waals surface area contributed by atoms with Crippen molar-refractivity contribution in [2.45, 2.75) is 84.2 Å². The van der Waals surface area contributed by atoms with E-state index >= 15 is 0 Å². The molecule has 5 heteroatoms. The minimum atomic E-state index is 0.104. The maximum atomic E-state index is 12.8. The Balaban J connectivity index is 1.51. The van der Waals surface area contributed by atoms with Crippen LogP contribution in [0.5, 0.6) is 0 Å². The van der Waals surface area contributed by atoms with E-state index in [9.17, 15) is 9.59 Å². The van der Waals surface area contributed by atoms with E-state index in [1.54, 1.807) is 0 Å². The third kappa shape index (κ3) is 4.29. The van der Waals surface area contributed by atoms with Crippen molar-refractivity contribution < 1.29 is 9.59 Å². The Hall–Kier alpha value is -1.26. The van der Waals surface area contributed by atoms with E-state index in [0.717, 1.165) is 45.3 Å². The van der Waals surface area contributed by atoms with Crippen molar-refractivity contribution in [1.29, 1.82) is 0 Å². The first kappa shape index (κ1) is 18.5. The van der Waals surface area contributed by atoms with Crippen LogP contribution < -0.4 is 5.32 Å². The Morgan fingerprint density at radius 3 is 2.28 bits per heavy atom. The molecule has 2 atom stereocenters. The summed E-state index contributed by atoms with van der Waals surface area (Å²) in [5, 5.41) is 3.34.